The van der Waals surface area contributed by atoms with E-state index in [4.69, 9.17) is 11.6 Å². The van der Waals surface area contributed by atoms with Crippen LogP contribution in [0.2, 0.25) is 0 Å². The van der Waals surface area contributed by atoms with E-state index >= 15 is 0 Å². The van der Waals surface area contributed by atoms with Gasteiger partial charge in [-0.1, -0.05) is 13.8 Å². The zero-order valence-corrected chi connectivity index (χ0v) is 9.78. The summed E-state index contributed by atoms with van der Waals surface area (Å²) < 4.78 is 1.66. The topological polar surface area (TPSA) is 50.9 Å². The van der Waals surface area contributed by atoms with E-state index in [-0.39, 0.29) is 10.8 Å². The first-order valence-electron chi connectivity index (χ1n) is 5.14. The first kappa shape index (κ1) is 10.9. The molecular weight excluding hydrogens is 214 g/mol. The Morgan fingerprint density at radius 1 is 1.60 bits per heavy atom. The smallest absolute Gasteiger partial charge is 0.137 e. The van der Waals surface area contributed by atoms with E-state index in [1.807, 2.05) is 13.8 Å². The van der Waals surface area contributed by atoms with E-state index in [0.29, 0.717) is 13.0 Å². The Labute approximate surface area is 94.3 Å². The number of rotatable bonds is 2. The summed E-state index contributed by atoms with van der Waals surface area (Å²) in [4.78, 5) is 3.87. The van der Waals surface area contributed by atoms with Gasteiger partial charge in [-0.2, -0.15) is 5.10 Å². The minimum Gasteiger partial charge on any atom is -0.387 e. The molecule has 1 N–H and O–H groups in total. The fourth-order valence-corrected chi connectivity index (χ4v) is 2.52. The summed E-state index contributed by atoms with van der Waals surface area (Å²) in [5.74, 6) is 0. The number of aromatic nitrogens is 3. The lowest BCUT2D eigenvalue weighted by Crippen LogP contribution is -2.46. The molecule has 0 spiro atoms. The maximum Gasteiger partial charge on any atom is 0.137 e. The van der Waals surface area contributed by atoms with Crippen LogP contribution in [-0.4, -0.2) is 30.8 Å². The number of nitrogens with zero attached hydrogens (tertiary/aromatic N) is 3. The van der Waals surface area contributed by atoms with Gasteiger partial charge in [0.05, 0.1) is 12.1 Å². The molecule has 0 aliphatic heterocycles. The SMILES string of the molecule is CC1(C)C(Cl)CCC1(O)Cn1cncn1. The van der Waals surface area contributed by atoms with Crippen molar-refractivity contribution in [2.45, 2.75) is 44.2 Å². The van der Waals surface area contributed by atoms with Gasteiger partial charge in [0, 0.05) is 10.8 Å². The van der Waals surface area contributed by atoms with E-state index in [2.05, 4.69) is 10.1 Å². The third-order valence-corrected chi connectivity index (χ3v) is 4.45. The number of hydrogen-bond donors (Lipinski definition) is 1. The normalized spacial score (nSPS) is 34.5. The van der Waals surface area contributed by atoms with Gasteiger partial charge in [-0.15, -0.1) is 11.6 Å². The Morgan fingerprint density at radius 3 is 2.80 bits per heavy atom. The second kappa shape index (κ2) is 3.46. The summed E-state index contributed by atoms with van der Waals surface area (Å²) in [5.41, 5.74) is -1.08. The standard InChI is InChI=1S/C10H16ClN3O/c1-9(2)8(11)3-4-10(9,15)5-14-7-12-6-13-14/h6-8,15H,3-5H2,1-2H3. The predicted molar refractivity (Wildman–Crippen MR) is 57.6 cm³/mol. The van der Waals surface area contributed by atoms with Gasteiger partial charge < -0.3 is 5.11 Å². The van der Waals surface area contributed by atoms with Gasteiger partial charge >= 0.3 is 0 Å². The van der Waals surface area contributed by atoms with E-state index in [9.17, 15) is 5.11 Å². The van der Waals surface area contributed by atoms with E-state index < -0.39 is 5.60 Å². The van der Waals surface area contributed by atoms with Gasteiger partial charge in [0.15, 0.2) is 0 Å². The number of aliphatic hydroxyl groups is 1. The van der Waals surface area contributed by atoms with Gasteiger partial charge in [0.1, 0.15) is 12.7 Å². The predicted octanol–water partition coefficient (Wildman–Crippen LogP) is 1.44. The van der Waals surface area contributed by atoms with Gasteiger partial charge in [-0.25, -0.2) is 4.98 Å². The molecule has 1 aliphatic carbocycles. The van der Waals surface area contributed by atoms with Crippen molar-refractivity contribution in [3.05, 3.63) is 12.7 Å². The zero-order chi connectivity index (χ0) is 11.1. The Hall–Kier alpha value is -0.610. The average Bonchev–Trinajstić information content (AvgIpc) is 2.71. The molecule has 2 rings (SSSR count). The van der Waals surface area contributed by atoms with Gasteiger partial charge in [-0.3, -0.25) is 4.68 Å². The Bertz CT molecular complexity index is 338. The Morgan fingerprint density at radius 2 is 2.33 bits per heavy atom. The lowest BCUT2D eigenvalue weighted by Gasteiger charge is -2.38. The van der Waals surface area contributed by atoms with Crippen molar-refractivity contribution >= 4 is 11.6 Å². The lowest BCUT2D eigenvalue weighted by atomic mass is 9.77. The summed E-state index contributed by atoms with van der Waals surface area (Å²) in [5, 5.41) is 14.6. The van der Waals surface area contributed by atoms with Crippen LogP contribution in [-0.2, 0) is 6.54 Å². The zero-order valence-electron chi connectivity index (χ0n) is 9.02. The summed E-state index contributed by atoms with van der Waals surface area (Å²) in [6, 6.07) is 0. The molecule has 2 unspecified atom stereocenters. The van der Waals surface area contributed by atoms with Crippen molar-refractivity contribution < 1.29 is 5.11 Å². The van der Waals surface area contributed by atoms with Crippen molar-refractivity contribution in [1.82, 2.24) is 14.8 Å². The largest absolute Gasteiger partial charge is 0.387 e. The average molecular weight is 230 g/mol. The van der Waals surface area contributed by atoms with E-state index in [0.717, 1.165) is 6.42 Å². The van der Waals surface area contributed by atoms with Crippen molar-refractivity contribution in [3.8, 4) is 0 Å². The fourth-order valence-electron chi connectivity index (χ4n) is 2.21. The maximum atomic E-state index is 10.6. The highest BCUT2D eigenvalue weighted by Gasteiger charge is 2.53. The second-order valence-electron chi connectivity index (χ2n) is 4.85. The molecule has 1 aliphatic rings. The minimum atomic E-state index is -0.785. The molecule has 1 heterocycles. The molecule has 5 heteroatoms. The minimum absolute atomic E-state index is 0.0195. The lowest BCUT2D eigenvalue weighted by molar-refractivity contribution is -0.0575. The molecule has 0 aromatic carbocycles. The van der Waals surface area contributed by atoms with Gasteiger partial charge in [0.2, 0.25) is 0 Å². The molecule has 2 atom stereocenters. The number of hydrogen-bond acceptors (Lipinski definition) is 3. The van der Waals surface area contributed by atoms with Crippen molar-refractivity contribution in [3.63, 3.8) is 0 Å². The second-order valence-corrected chi connectivity index (χ2v) is 5.38. The molecule has 0 radical (unpaired) electrons. The van der Waals surface area contributed by atoms with Crippen LogP contribution in [0.4, 0.5) is 0 Å². The molecule has 15 heavy (non-hydrogen) atoms. The molecule has 4 nitrogen and oxygen atoms in total. The monoisotopic (exact) mass is 229 g/mol. The molecule has 84 valence electrons. The third-order valence-electron chi connectivity index (χ3n) is 3.68. The molecule has 1 saturated carbocycles. The highest BCUT2D eigenvalue weighted by atomic mass is 35.5. The molecule has 1 aromatic heterocycles. The summed E-state index contributed by atoms with van der Waals surface area (Å²) >= 11 is 6.22. The van der Waals surface area contributed by atoms with Crippen molar-refractivity contribution in [2.24, 2.45) is 5.41 Å². The maximum absolute atomic E-state index is 10.6. The number of alkyl halides is 1. The molecule has 0 saturated heterocycles. The molecular formula is C10H16ClN3O. The first-order valence-corrected chi connectivity index (χ1v) is 5.58. The van der Waals surface area contributed by atoms with Crippen LogP contribution in [0, 0.1) is 5.41 Å². The van der Waals surface area contributed by atoms with Crippen molar-refractivity contribution in [1.29, 1.82) is 0 Å². The quantitative estimate of drug-likeness (QED) is 0.781. The first-order chi connectivity index (χ1) is 6.96. The van der Waals surface area contributed by atoms with E-state index in [1.165, 1.54) is 6.33 Å². The van der Waals surface area contributed by atoms with Crippen LogP contribution in [0.1, 0.15) is 26.7 Å². The van der Waals surface area contributed by atoms with Crippen LogP contribution in [0.25, 0.3) is 0 Å². The molecule has 0 bridgehead atoms. The van der Waals surface area contributed by atoms with Crippen LogP contribution in [0.5, 0.6) is 0 Å². The van der Waals surface area contributed by atoms with Crippen LogP contribution in [0.3, 0.4) is 0 Å². The van der Waals surface area contributed by atoms with Crippen LogP contribution >= 0.6 is 11.6 Å². The summed E-state index contributed by atoms with van der Waals surface area (Å²) in [6.07, 6.45) is 4.66. The Balaban J connectivity index is 2.20. The van der Waals surface area contributed by atoms with Gasteiger partial charge in [0.25, 0.3) is 0 Å². The summed E-state index contributed by atoms with van der Waals surface area (Å²) in [6.45, 7) is 4.48. The van der Waals surface area contributed by atoms with E-state index in [1.54, 1.807) is 11.0 Å². The Kier molecular flexibility index (Phi) is 2.51. The van der Waals surface area contributed by atoms with Crippen LogP contribution in [0.15, 0.2) is 12.7 Å². The third kappa shape index (κ3) is 1.66. The number of halogens is 1. The molecule has 0 amide bonds. The highest BCUT2D eigenvalue weighted by Crippen LogP contribution is 2.49. The van der Waals surface area contributed by atoms with Crippen LogP contribution < -0.4 is 0 Å². The fraction of sp³-hybridized carbons (Fsp3) is 0.800. The van der Waals surface area contributed by atoms with Gasteiger partial charge in [-0.05, 0) is 12.8 Å². The molecule has 1 aromatic rings. The summed E-state index contributed by atoms with van der Waals surface area (Å²) in [7, 11) is 0. The van der Waals surface area contributed by atoms with Crippen molar-refractivity contribution in [2.75, 3.05) is 0 Å². The molecule has 1 fully saturated rings. The highest BCUT2D eigenvalue weighted by molar-refractivity contribution is 6.21.